The standard InChI is InChI=1S/C22H25N3O3/c1-2-12-28-21-5-3-4-19(15-21)16-23-24-22(26)20-8-6-18(7-9-20)17-25-10-13-27-14-11-25/h2-9,15-16H,1,10-14,17H2,(H,24,26)/p+1/b23-16-. The zero-order valence-corrected chi connectivity index (χ0v) is 15.9. The van der Waals surface area contributed by atoms with E-state index in [9.17, 15) is 4.79 Å². The molecular weight excluding hydrogens is 354 g/mol. The van der Waals surface area contributed by atoms with Crippen molar-refractivity contribution in [3.63, 3.8) is 0 Å². The van der Waals surface area contributed by atoms with Gasteiger partial charge in [0.25, 0.3) is 5.91 Å². The first-order valence-corrected chi connectivity index (χ1v) is 9.42. The van der Waals surface area contributed by atoms with Crippen LogP contribution >= 0.6 is 0 Å². The van der Waals surface area contributed by atoms with E-state index < -0.39 is 0 Å². The Balaban J connectivity index is 1.51. The molecule has 0 atom stereocenters. The quantitative estimate of drug-likeness (QED) is 0.414. The second kappa shape index (κ2) is 10.4. The number of benzene rings is 2. The average Bonchev–Trinajstić information content (AvgIpc) is 2.74. The van der Waals surface area contributed by atoms with Crippen molar-refractivity contribution in [2.45, 2.75) is 6.54 Å². The van der Waals surface area contributed by atoms with Crippen molar-refractivity contribution < 1.29 is 19.2 Å². The number of carbonyl (C=O) groups is 1. The van der Waals surface area contributed by atoms with Gasteiger partial charge in [-0.15, -0.1) is 0 Å². The SMILES string of the molecule is C=CCOc1cccc(/C=N\NC(=O)c2ccc(C[NH+]3CCOCC3)cc2)c1. The lowest BCUT2D eigenvalue weighted by atomic mass is 10.1. The van der Waals surface area contributed by atoms with Crippen molar-refractivity contribution in [3.8, 4) is 5.75 Å². The molecule has 28 heavy (non-hydrogen) atoms. The lowest BCUT2D eigenvalue weighted by molar-refractivity contribution is -0.921. The molecule has 1 fully saturated rings. The molecule has 0 bridgehead atoms. The van der Waals surface area contributed by atoms with Gasteiger partial charge in [-0.1, -0.05) is 36.9 Å². The summed E-state index contributed by atoms with van der Waals surface area (Å²) >= 11 is 0. The lowest BCUT2D eigenvalue weighted by Gasteiger charge is -2.23. The summed E-state index contributed by atoms with van der Waals surface area (Å²) in [4.78, 5) is 13.8. The van der Waals surface area contributed by atoms with Crippen LogP contribution < -0.4 is 15.1 Å². The third-order valence-corrected chi connectivity index (χ3v) is 4.48. The van der Waals surface area contributed by atoms with Gasteiger partial charge in [-0.3, -0.25) is 4.79 Å². The van der Waals surface area contributed by atoms with E-state index in [0.717, 1.165) is 44.2 Å². The number of amides is 1. The molecule has 1 aliphatic rings. The third kappa shape index (κ3) is 6.04. The van der Waals surface area contributed by atoms with Crippen LogP contribution in [0.3, 0.4) is 0 Å². The highest BCUT2D eigenvalue weighted by Crippen LogP contribution is 2.12. The van der Waals surface area contributed by atoms with E-state index in [4.69, 9.17) is 9.47 Å². The number of quaternary nitrogens is 1. The molecule has 0 unspecified atom stereocenters. The molecule has 0 aliphatic carbocycles. The molecular formula is C22H26N3O3+. The highest BCUT2D eigenvalue weighted by atomic mass is 16.5. The zero-order valence-electron chi connectivity index (χ0n) is 15.9. The maximum atomic E-state index is 12.3. The van der Waals surface area contributed by atoms with Gasteiger partial charge >= 0.3 is 0 Å². The summed E-state index contributed by atoms with van der Waals surface area (Å²) in [6.45, 7) is 8.70. The van der Waals surface area contributed by atoms with Gasteiger partial charge in [0, 0.05) is 11.1 Å². The number of ether oxygens (including phenoxy) is 2. The first-order valence-electron chi connectivity index (χ1n) is 9.42. The zero-order chi connectivity index (χ0) is 19.6. The van der Waals surface area contributed by atoms with Crippen LogP contribution in [0.15, 0.2) is 66.3 Å². The number of hydrogen-bond acceptors (Lipinski definition) is 4. The van der Waals surface area contributed by atoms with E-state index in [2.05, 4.69) is 17.1 Å². The minimum absolute atomic E-state index is 0.236. The van der Waals surface area contributed by atoms with E-state index >= 15 is 0 Å². The van der Waals surface area contributed by atoms with Crippen LogP contribution in [0.25, 0.3) is 0 Å². The monoisotopic (exact) mass is 380 g/mol. The van der Waals surface area contributed by atoms with Crippen LogP contribution in [0.1, 0.15) is 21.5 Å². The van der Waals surface area contributed by atoms with Crippen molar-refractivity contribution >= 4 is 12.1 Å². The fourth-order valence-corrected chi connectivity index (χ4v) is 2.97. The number of carbonyl (C=O) groups excluding carboxylic acids is 1. The van der Waals surface area contributed by atoms with Crippen LogP contribution in [-0.2, 0) is 11.3 Å². The van der Waals surface area contributed by atoms with Crippen molar-refractivity contribution in [3.05, 3.63) is 77.9 Å². The van der Waals surface area contributed by atoms with Gasteiger partial charge in [0.2, 0.25) is 0 Å². The molecule has 0 saturated carbocycles. The molecule has 0 radical (unpaired) electrons. The summed E-state index contributed by atoms with van der Waals surface area (Å²) in [5.41, 5.74) is 5.20. The van der Waals surface area contributed by atoms with E-state index in [1.165, 1.54) is 10.5 Å². The predicted octanol–water partition coefficient (Wildman–Crippen LogP) is 1.43. The van der Waals surface area contributed by atoms with Gasteiger partial charge in [0.15, 0.2) is 0 Å². The fourth-order valence-electron chi connectivity index (χ4n) is 2.97. The Bertz CT molecular complexity index is 812. The first kappa shape index (κ1) is 19.8. The first-order chi connectivity index (χ1) is 13.7. The molecule has 1 aliphatic heterocycles. The van der Waals surface area contributed by atoms with E-state index in [-0.39, 0.29) is 5.91 Å². The number of hydrogen-bond donors (Lipinski definition) is 2. The van der Waals surface area contributed by atoms with E-state index in [0.29, 0.717) is 12.2 Å². The minimum Gasteiger partial charge on any atom is -0.490 e. The maximum Gasteiger partial charge on any atom is 0.271 e. The Kier molecular flexibility index (Phi) is 7.35. The van der Waals surface area contributed by atoms with Crippen LogP contribution in [0.5, 0.6) is 5.75 Å². The second-order valence-electron chi connectivity index (χ2n) is 6.61. The van der Waals surface area contributed by atoms with E-state index in [1.807, 2.05) is 48.5 Å². The second-order valence-corrected chi connectivity index (χ2v) is 6.61. The summed E-state index contributed by atoms with van der Waals surface area (Å²) in [6, 6.07) is 15.1. The Hall–Kier alpha value is -2.96. The molecule has 1 amide bonds. The topological polar surface area (TPSA) is 64.4 Å². The summed E-state index contributed by atoms with van der Waals surface area (Å²) in [6.07, 6.45) is 3.28. The van der Waals surface area contributed by atoms with Gasteiger partial charge in [0.1, 0.15) is 32.0 Å². The maximum absolute atomic E-state index is 12.3. The fraction of sp³-hybridized carbons (Fsp3) is 0.273. The Morgan fingerprint density at radius 2 is 2.00 bits per heavy atom. The summed E-state index contributed by atoms with van der Waals surface area (Å²) < 4.78 is 10.9. The molecule has 6 heteroatoms. The van der Waals surface area contributed by atoms with Gasteiger partial charge in [0.05, 0.1) is 19.4 Å². The van der Waals surface area contributed by atoms with E-state index in [1.54, 1.807) is 12.3 Å². The van der Waals surface area contributed by atoms with Gasteiger partial charge in [-0.05, 0) is 29.8 Å². The van der Waals surface area contributed by atoms with Gasteiger partial charge < -0.3 is 14.4 Å². The molecule has 1 heterocycles. The summed E-state index contributed by atoms with van der Waals surface area (Å²) in [5, 5.41) is 4.04. The molecule has 2 aromatic rings. The largest absolute Gasteiger partial charge is 0.490 e. The number of hydrazone groups is 1. The number of nitrogens with one attached hydrogen (secondary N) is 2. The smallest absolute Gasteiger partial charge is 0.271 e. The molecule has 2 aromatic carbocycles. The van der Waals surface area contributed by atoms with Crippen molar-refractivity contribution in [1.82, 2.24) is 5.43 Å². The molecule has 146 valence electrons. The Morgan fingerprint density at radius 1 is 1.21 bits per heavy atom. The summed E-state index contributed by atoms with van der Waals surface area (Å²) in [5.74, 6) is 0.494. The van der Waals surface area contributed by atoms with Gasteiger partial charge in [-0.2, -0.15) is 5.10 Å². The van der Waals surface area contributed by atoms with Gasteiger partial charge in [-0.25, -0.2) is 5.43 Å². The predicted molar refractivity (Wildman–Crippen MR) is 109 cm³/mol. The highest BCUT2D eigenvalue weighted by Gasteiger charge is 2.14. The Labute approximate surface area is 165 Å². The van der Waals surface area contributed by atoms with Crippen LogP contribution in [0.4, 0.5) is 0 Å². The average molecular weight is 380 g/mol. The Morgan fingerprint density at radius 3 is 2.75 bits per heavy atom. The third-order valence-electron chi connectivity index (χ3n) is 4.48. The molecule has 1 saturated heterocycles. The van der Waals surface area contributed by atoms with Crippen LogP contribution in [0.2, 0.25) is 0 Å². The van der Waals surface area contributed by atoms with Crippen molar-refractivity contribution in [1.29, 1.82) is 0 Å². The lowest BCUT2D eigenvalue weighted by Crippen LogP contribution is -3.12. The molecule has 6 nitrogen and oxygen atoms in total. The molecule has 2 N–H and O–H groups in total. The molecule has 0 spiro atoms. The van der Waals surface area contributed by atoms with Crippen molar-refractivity contribution in [2.75, 3.05) is 32.9 Å². The summed E-state index contributed by atoms with van der Waals surface area (Å²) in [7, 11) is 0. The number of rotatable bonds is 8. The van der Waals surface area contributed by atoms with Crippen molar-refractivity contribution in [2.24, 2.45) is 5.10 Å². The van der Waals surface area contributed by atoms with Crippen LogP contribution in [-0.4, -0.2) is 45.0 Å². The highest BCUT2D eigenvalue weighted by molar-refractivity contribution is 5.94. The number of morpholine rings is 1. The molecule has 3 rings (SSSR count). The minimum atomic E-state index is -0.236. The van der Waals surface area contributed by atoms with Crippen LogP contribution in [0, 0.1) is 0 Å². The normalized spacial score (nSPS) is 14.7. The number of nitrogens with zero attached hydrogens (tertiary/aromatic N) is 1. The molecule has 0 aromatic heterocycles.